The van der Waals surface area contributed by atoms with Crippen molar-refractivity contribution in [3.8, 4) is 0 Å². The number of hydrogen-bond acceptors (Lipinski definition) is 4. The number of nitrogens with zero attached hydrogens (tertiary/aromatic N) is 2. The molecule has 4 fully saturated rings. The van der Waals surface area contributed by atoms with Gasteiger partial charge in [-0.3, -0.25) is 13.9 Å². The first-order valence-electron chi connectivity index (χ1n) is 16.7. The highest BCUT2D eigenvalue weighted by molar-refractivity contribution is 7.92. The Morgan fingerprint density at radius 2 is 1.33 bits per heavy atom. The van der Waals surface area contributed by atoms with E-state index in [4.69, 9.17) is 0 Å². The summed E-state index contributed by atoms with van der Waals surface area (Å²) >= 11 is 0. The summed E-state index contributed by atoms with van der Waals surface area (Å²) in [5.74, 6) is 1.73. The Hall–Kier alpha value is -3.65. The summed E-state index contributed by atoms with van der Waals surface area (Å²) < 4.78 is 27.7. The number of rotatable bonds is 12. The fraction of sp³-hybridized carbons (Fsp3) is 0.474. The SMILES string of the molecule is CC(C)NC(=O)C(Cc1ccccc1)N(Cc1ccccc1)C(=O)CN(c1ccc(C23CC4CC(CC(C4)C2)C3)cc1)S(C)(=O)=O. The average Bonchev–Trinajstić information content (AvgIpc) is 3.01. The molecule has 0 aliphatic heterocycles. The molecule has 3 aromatic carbocycles. The second-order valence-corrected chi connectivity index (χ2v) is 16.3. The molecule has 7 nitrogen and oxygen atoms in total. The molecule has 244 valence electrons. The maximum Gasteiger partial charge on any atom is 0.244 e. The van der Waals surface area contributed by atoms with Gasteiger partial charge >= 0.3 is 0 Å². The van der Waals surface area contributed by atoms with Crippen LogP contribution in [0, 0.1) is 17.8 Å². The van der Waals surface area contributed by atoms with Crippen LogP contribution in [0.15, 0.2) is 84.9 Å². The van der Waals surface area contributed by atoms with E-state index in [-0.39, 0.29) is 23.9 Å². The van der Waals surface area contributed by atoms with Gasteiger partial charge in [0.05, 0.1) is 11.9 Å². The number of anilines is 1. The molecule has 8 heteroatoms. The molecule has 1 atom stereocenters. The third-order valence-electron chi connectivity index (χ3n) is 10.4. The molecule has 1 N–H and O–H groups in total. The van der Waals surface area contributed by atoms with Gasteiger partial charge in [-0.2, -0.15) is 0 Å². The van der Waals surface area contributed by atoms with Gasteiger partial charge in [0.25, 0.3) is 0 Å². The lowest BCUT2D eigenvalue weighted by Crippen LogP contribution is -2.54. The maximum absolute atomic E-state index is 14.3. The third-order valence-corrected chi connectivity index (χ3v) is 11.5. The minimum absolute atomic E-state index is 0.126. The number of amides is 2. The number of carbonyl (C=O) groups excluding carboxylic acids is 2. The van der Waals surface area contributed by atoms with Gasteiger partial charge in [-0.15, -0.1) is 0 Å². The van der Waals surface area contributed by atoms with E-state index < -0.39 is 28.5 Å². The molecule has 7 rings (SSSR count). The zero-order valence-corrected chi connectivity index (χ0v) is 28.1. The van der Waals surface area contributed by atoms with Gasteiger partial charge < -0.3 is 10.2 Å². The summed E-state index contributed by atoms with van der Waals surface area (Å²) in [7, 11) is -3.82. The molecule has 4 aliphatic rings. The summed E-state index contributed by atoms with van der Waals surface area (Å²) in [6.07, 6.45) is 9.20. The first kappa shape index (κ1) is 32.3. The van der Waals surface area contributed by atoms with Gasteiger partial charge in [0, 0.05) is 19.0 Å². The zero-order valence-electron chi connectivity index (χ0n) is 27.3. The molecular weight excluding hydrogens is 595 g/mol. The highest BCUT2D eigenvalue weighted by Gasteiger charge is 2.51. The van der Waals surface area contributed by atoms with Gasteiger partial charge in [0.15, 0.2) is 0 Å². The van der Waals surface area contributed by atoms with Crippen molar-refractivity contribution < 1.29 is 18.0 Å². The molecule has 0 saturated heterocycles. The Kier molecular flexibility index (Phi) is 9.28. The summed E-state index contributed by atoms with van der Waals surface area (Å²) in [5, 5.41) is 3.00. The van der Waals surface area contributed by atoms with Crippen LogP contribution in [0.25, 0.3) is 0 Å². The van der Waals surface area contributed by atoms with Crippen molar-refractivity contribution in [3.63, 3.8) is 0 Å². The standard InChI is InChI=1S/C38H47N3O4S/c1-27(2)39-37(43)35(21-28-10-6-4-7-11-28)40(25-29-12-8-5-9-13-29)36(42)26-41(46(3,44)45)34-16-14-33(15-17-34)38-22-30-18-31(23-38)20-32(19-30)24-38/h4-17,27,30-32,35H,18-26H2,1-3H3,(H,39,43). The Bertz CT molecular complexity index is 1590. The Morgan fingerprint density at radius 3 is 1.83 bits per heavy atom. The fourth-order valence-corrected chi connectivity index (χ4v) is 9.62. The highest BCUT2D eigenvalue weighted by atomic mass is 32.2. The van der Waals surface area contributed by atoms with Crippen molar-refractivity contribution in [1.29, 1.82) is 0 Å². The van der Waals surface area contributed by atoms with E-state index in [9.17, 15) is 18.0 Å². The summed E-state index contributed by atoms with van der Waals surface area (Å²) in [6, 6.07) is 26.1. The van der Waals surface area contributed by atoms with Crippen LogP contribution in [-0.4, -0.2) is 50.0 Å². The molecule has 2 amide bonds. The second-order valence-electron chi connectivity index (χ2n) is 14.4. The minimum Gasteiger partial charge on any atom is -0.352 e. The lowest BCUT2D eigenvalue weighted by atomic mass is 9.48. The molecule has 0 heterocycles. The van der Waals surface area contributed by atoms with E-state index in [2.05, 4.69) is 17.4 Å². The minimum atomic E-state index is -3.82. The van der Waals surface area contributed by atoms with Crippen molar-refractivity contribution in [2.45, 2.75) is 82.8 Å². The van der Waals surface area contributed by atoms with Gasteiger partial charge in [0.1, 0.15) is 12.6 Å². The van der Waals surface area contributed by atoms with Crippen LogP contribution in [0.2, 0.25) is 0 Å². The van der Waals surface area contributed by atoms with E-state index in [1.165, 1.54) is 48.4 Å². The highest BCUT2D eigenvalue weighted by Crippen LogP contribution is 2.60. The summed E-state index contributed by atoms with van der Waals surface area (Å²) in [5.41, 5.74) is 3.74. The van der Waals surface area contributed by atoms with Gasteiger partial charge in [-0.1, -0.05) is 72.8 Å². The molecular formula is C38H47N3O4S. The number of carbonyl (C=O) groups is 2. The quantitative estimate of drug-likeness (QED) is 0.260. The first-order chi connectivity index (χ1) is 22.0. The topological polar surface area (TPSA) is 86.8 Å². The summed E-state index contributed by atoms with van der Waals surface area (Å²) in [4.78, 5) is 29.6. The smallest absolute Gasteiger partial charge is 0.244 e. The Balaban J connectivity index is 1.29. The summed E-state index contributed by atoms with van der Waals surface area (Å²) in [6.45, 7) is 3.55. The molecule has 4 bridgehead atoms. The van der Waals surface area contributed by atoms with E-state index in [1.807, 2.05) is 86.6 Å². The first-order valence-corrected chi connectivity index (χ1v) is 18.6. The van der Waals surface area contributed by atoms with Crippen LogP contribution in [0.4, 0.5) is 5.69 Å². The lowest BCUT2D eigenvalue weighted by molar-refractivity contribution is -0.140. The van der Waals surface area contributed by atoms with E-state index in [0.717, 1.165) is 35.1 Å². The molecule has 0 aromatic heterocycles. The van der Waals surface area contributed by atoms with E-state index in [1.54, 1.807) is 4.90 Å². The monoisotopic (exact) mass is 641 g/mol. The molecule has 4 saturated carbocycles. The maximum atomic E-state index is 14.3. The van der Waals surface area contributed by atoms with Crippen molar-refractivity contribution in [3.05, 3.63) is 102 Å². The van der Waals surface area contributed by atoms with Crippen molar-refractivity contribution in [2.24, 2.45) is 17.8 Å². The molecule has 3 aromatic rings. The predicted octanol–water partition coefficient (Wildman–Crippen LogP) is 6.09. The van der Waals surface area contributed by atoms with E-state index >= 15 is 0 Å². The fourth-order valence-electron chi connectivity index (χ4n) is 8.77. The van der Waals surface area contributed by atoms with Crippen LogP contribution in [0.5, 0.6) is 0 Å². The van der Waals surface area contributed by atoms with Crippen molar-refractivity contribution in [1.82, 2.24) is 10.2 Å². The lowest BCUT2D eigenvalue weighted by Gasteiger charge is -2.57. The van der Waals surface area contributed by atoms with Gasteiger partial charge in [-0.05, 0) is 104 Å². The van der Waals surface area contributed by atoms with Crippen LogP contribution in [0.1, 0.15) is 69.1 Å². The molecule has 1 unspecified atom stereocenters. The van der Waals surface area contributed by atoms with Gasteiger partial charge in [0.2, 0.25) is 21.8 Å². The van der Waals surface area contributed by atoms with Crippen molar-refractivity contribution >= 4 is 27.5 Å². The molecule has 0 spiro atoms. The van der Waals surface area contributed by atoms with Gasteiger partial charge in [-0.25, -0.2) is 8.42 Å². The van der Waals surface area contributed by atoms with Crippen LogP contribution in [-0.2, 0) is 38.0 Å². The van der Waals surface area contributed by atoms with Crippen LogP contribution in [0.3, 0.4) is 0 Å². The van der Waals surface area contributed by atoms with Crippen LogP contribution >= 0.6 is 0 Å². The number of hydrogen-bond donors (Lipinski definition) is 1. The number of benzene rings is 3. The zero-order chi connectivity index (χ0) is 32.5. The molecule has 4 aliphatic carbocycles. The van der Waals surface area contributed by atoms with E-state index in [0.29, 0.717) is 12.1 Å². The number of sulfonamides is 1. The number of nitrogens with one attached hydrogen (secondary N) is 1. The average molecular weight is 642 g/mol. The van der Waals surface area contributed by atoms with Crippen LogP contribution < -0.4 is 9.62 Å². The normalized spacial score (nSPS) is 24.0. The van der Waals surface area contributed by atoms with Crippen molar-refractivity contribution in [2.75, 3.05) is 17.1 Å². The largest absolute Gasteiger partial charge is 0.352 e. The third kappa shape index (κ3) is 7.17. The molecule has 46 heavy (non-hydrogen) atoms. The predicted molar refractivity (Wildman–Crippen MR) is 183 cm³/mol. The Labute approximate surface area is 274 Å². The molecule has 0 radical (unpaired) electrons. The Morgan fingerprint density at radius 1 is 0.804 bits per heavy atom. The second kappa shape index (κ2) is 13.2.